The average Bonchev–Trinajstić information content (AvgIpc) is 2.47. The highest BCUT2D eigenvalue weighted by Gasteiger charge is 2.12. The monoisotopic (exact) mass is 357 g/mol. The molecule has 92 valence electrons. The minimum absolute atomic E-state index is 0.0844. The number of hydrogen-bond donors (Lipinski definition) is 0. The second-order valence-electron chi connectivity index (χ2n) is 4.88. The van der Waals surface area contributed by atoms with Gasteiger partial charge in [-0.1, -0.05) is 19.6 Å². The van der Waals surface area contributed by atoms with Gasteiger partial charge in [-0.2, -0.15) is 0 Å². The van der Waals surface area contributed by atoms with Crippen molar-refractivity contribution in [3.05, 3.63) is 20.1 Å². The molecular weight excluding hydrogens is 335 g/mol. The molecule has 6 heteroatoms. The minimum atomic E-state index is -2.48. The zero-order valence-electron chi connectivity index (χ0n) is 12.8. The van der Waals surface area contributed by atoms with Crippen molar-refractivity contribution in [2.75, 3.05) is 6.61 Å². The predicted molar refractivity (Wildman–Crippen MR) is 76.5 cm³/mol. The van der Waals surface area contributed by atoms with Gasteiger partial charge in [-0.05, 0) is 28.6 Å². The first-order valence-corrected chi connectivity index (χ1v) is 9.87. The lowest BCUT2D eigenvalue weighted by molar-refractivity contribution is 0.0702. The quantitative estimate of drug-likeness (QED) is 0.460. The summed E-state index contributed by atoms with van der Waals surface area (Å²) in [5.41, 5.74) is -0.505. The van der Waals surface area contributed by atoms with Gasteiger partial charge < -0.3 is 4.74 Å². The van der Waals surface area contributed by atoms with E-state index in [1.54, 1.807) is 0 Å². The summed E-state index contributed by atoms with van der Waals surface area (Å²) in [6, 6.07) is 1.00. The van der Waals surface area contributed by atoms with Gasteiger partial charge in [-0.15, -0.1) is 0 Å². The van der Waals surface area contributed by atoms with Crippen LogP contribution in [0, 0.1) is 3.57 Å². The topological polar surface area (TPSA) is 36.2 Å². The predicted octanol–water partition coefficient (Wildman–Crippen LogP) is 2.10. The molecule has 0 radical (unpaired) electrons. The molecule has 0 spiro atoms. The summed E-state index contributed by atoms with van der Waals surface area (Å²) in [5.74, 6) is 0. The average molecular weight is 357 g/mol. The molecule has 1 aromatic heterocycles. The van der Waals surface area contributed by atoms with Crippen LogP contribution in [0.15, 0.2) is 11.0 Å². The van der Waals surface area contributed by atoms with E-state index in [0.717, 1.165) is 10.7 Å². The SMILES string of the molecule is [2H]C([2H])([2H])n1c(=O)c(I)cn1COCC[Si](C)(C)C. The Balaban J connectivity index is 2.75. The van der Waals surface area contributed by atoms with E-state index in [0.29, 0.717) is 10.2 Å². The Morgan fingerprint density at radius 3 is 2.81 bits per heavy atom. The highest BCUT2D eigenvalue weighted by atomic mass is 127. The van der Waals surface area contributed by atoms with Gasteiger partial charge in [-0.3, -0.25) is 14.2 Å². The van der Waals surface area contributed by atoms with E-state index in [1.807, 2.05) is 22.6 Å². The number of rotatable bonds is 5. The van der Waals surface area contributed by atoms with Crippen molar-refractivity contribution in [3.63, 3.8) is 0 Å². The van der Waals surface area contributed by atoms with Gasteiger partial charge in [0.25, 0.3) is 5.56 Å². The van der Waals surface area contributed by atoms with E-state index in [9.17, 15) is 4.79 Å². The standard InChI is InChI=1S/C10H19IN2O2Si/c1-12-10(14)9(11)7-13(12)8-15-5-6-16(2,3)4/h7H,5-6,8H2,1-4H3/i1D3. The van der Waals surface area contributed by atoms with E-state index in [2.05, 4.69) is 19.6 Å². The van der Waals surface area contributed by atoms with Crippen molar-refractivity contribution in [1.82, 2.24) is 9.36 Å². The maximum Gasteiger partial charge on any atom is 0.279 e. The van der Waals surface area contributed by atoms with Gasteiger partial charge in [0, 0.05) is 32.0 Å². The fraction of sp³-hybridized carbons (Fsp3) is 0.700. The molecule has 0 saturated carbocycles. The van der Waals surface area contributed by atoms with Crippen LogP contribution >= 0.6 is 22.6 Å². The van der Waals surface area contributed by atoms with Crippen molar-refractivity contribution < 1.29 is 8.85 Å². The summed E-state index contributed by atoms with van der Waals surface area (Å²) in [6.45, 7) is 4.91. The van der Waals surface area contributed by atoms with Crippen LogP contribution in [0.3, 0.4) is 0 Å². The molecule has 0 atom stereocenters. The normalized spacial score (nSPS) is 15.6. The molecule has 0 amide bonds. The lowest BCUT2D eigenvalue weighted by Crippen LogP contribution is -2.24. The molecule has 16 heavy (non-hydrogen) atoms. The molecule has 0 fully saturated rings. The van der Waals surface area contributed by atoms with Gasteiger partial charge in [0.05, 0.1) is 3.57 Å². The Labute approximate surface area is 115 Å². The van der Waals surface area contributed by atoms with Crippen LogP contribution in [0.2, 0.25) is 25.7 Å². The van der Waals surface area contributed by atoms with Gasteiger partial charge in [0.2, 0.25) is 0 Å². The first-order chi connectivity index (χ1) is 8.52. The highest BCUT2D eigenvalue weighted by Crippen LogP contribution is 2.07. The van der Waals surface area contributed by atoms with Crippen LogP contribution in [-0.2, 0) is 18.4 Å². The third-order valence-electron chi connectivity index (χ3n) is 2.14. The molecule has 4 nitrogen and oxygen atoms in total. The molecule has 0 aromatic carbocycles. The lowest BCUT2D eigenvalue weighted by atomic mass is 10.7. The fourth-order valence-corrected chi connectivity index (χ4v) is 2.40. The first-order valence-electron chi connectivity index (χ1n) is 6.58. The number of hydrogen-bond acceptors (Lipinski definition) is 2. The van der Waals surface area contributed by atoms with Gasteiger partial charge in [0.1, 0.15) is 6.73 Å². The van der Waals surface area contributed by atoms with Crippen LogP contribution in [0.4, 0.5) is 0 Å². The maximum atomic E-state index is 11.8. The zero-order chi connectivity index (χ0) is 14.8. The highest BCUT2D eigenvalue weighted by molar-refractivity contribution is 14.1. The van der Waals surface area contributed by atoms with Crippen molar-refractivity contribution in [2.24, 2.45) is 6.98 Å². The summed E-state index contributed by atoms with van der Waals surface area (Å²) in [7, 11) is -1.17. The maximum absolute atomic E-state index is 11.8. The first kappa shape index (κ1) is 9.90. The molecular formula is C10H19IN2O2Si. The summed E-state index contributed by atoms with van der Waals surface area (Å²) in [6.07, 6.45) is 1.50. The number of ether oxygens (including phenoxy) is 1. The third kappa shape index (κ3) is 4.06. The van der Waals surface area contributed by atoms with Crippen LogP contribution in [0.5, 0.6) is 0 Å². The summed E-state index contributed by atoms with van der Waals surface area (Å²) in [5, 5.41) is 0. The zero-order valence-corrected chi connectivity index (χ0v) is 12.9. The molecule has 0 unspecified atom stereocenters. The Morgan fingerprint density at radius 2 is 2.25 bits per heavy atom. The molecule has 0 bridgehead atoms. The third-order valence-corrected chi connectivity index (χ3v) is 4.58. The fourth-order valence-electron chi connectivity index (χ4n) is 1.09. The second-order valence-corrected chi connectivity index (χ2v) is 11.7. The molecule has 0 aliphatic carbocycles. The molecule has 1 rings (SSSR count). The number of nitrogens with zero attached hydrogens (tertiary/aromatic N) is 2. The van der Waals surface area contributed by atoms with Crippen LogP contribution in [0.25, 0.3) is 0 Å². The van der Waals surface area contributed by atoms with E-state index >= 15 is 0 Å². The Hall–Kier alpha value is -0.0831. The Kier molecular flexibility index (Phi) is 3.40. The molecule has 1 aromatic rings. The van der Waals surface area contributed by atoms with E-state index in [4.69, 9.17) is 8.85 Å². The van der Waals surface area contributed by atoms with Crippen molar-refractivity contribution >= 4 is 30.7 Å². The second kappa shape index (κ2) is 5.50. The molecule has 0 saturated heterocycles. The van der Waals surface area contributed by atoms with Crippen LogP contribution in [0.1, 0.15) is 4.11 Å². The van der Waals surface area contributed by atoms with E-state index in [1.165, 1.54) is 10.9 Å². The summed E-state index contributed by atoms with van der Waals surface area (Å²) >= 11 is 1.83. The van der Waals surface area contributed by atoms with Gasteiger partial charge >= 0.3 is 0 Å². The largest absolute Gasteiger partial charge is 0.360 e. The van der Waals surface area contributed by atoms with Crippen LogP contribution < -0.4 is 5.56 Å². The smallest absolute Gasteiger partial charge is 0.279 e. The summed E-state index contributed by atoms with van der Waals surface area (Å²) < 4.78 is 30.1. The Morgan fingerprint density at radius 1 is 1.56 bits per heavy atom. The molecule has 0 N–H and O–H groups in total. The number of halogens is 1. The van der Waals surface area contributed by atoms with Crippen molar-refractivity contribution in [1.29, 1.82) is 0 Å². The molecule has 1 heterocycles. The van der Waals surface area contributed by atoms with Crippen LogP contribution in [-0.4, -0.2) is 24.0 Å². The molecule has 0 aliphatic rings. The van der Waals surface area contributed by atoms with Gasteiger partial charge in [0.15, 0.2) is 0 Å². The molecule has 0 aliphatic heterocycles. The van der Waals surface area contributed by atoms with Gasteiger partial charge in [-0.25, -0.2) is 0 Å². The van der Waals surface area contributed by atoms with E-state index in [-0.39, 0.29) is 6.73 Å². The van der Waals surface area contributed by atoms with Crippen molar-refractivity contribution in [2.45, 2.75) is 32.4 Å². The Bertz CT molecular complexity index is 490. The lowest BCUT2D eigenvalue weighted by Gasteiger charge is -2.15. The summed E-state index contributed by atoms with van der Waals surface area (Å²) in [4.78, 5) is 11.8. The number of aromatic nitrogens is 2. The van der Waals surface area contributed by atoms with E-state index < -0.39 is 20.6 Å². The van der Waals surface area contributed by atoms with Crippen molar-refractivity contribution in [3.8, 4) is 0 Å². The minimum Gasteiger partial charge on any atom is -0.360 e.